The Bertz CT molecular complexity index is 540. The molecule has 3 nitrogen and oxygen atoms in total. The van der Waals surface area contributed by atoms with Crippen molar-refractivity contribution in [3.8, 4) is 0 Å². The summed E-state index contributed by atoms with van der Waals surface area (Å²) in [6, 6.07) is 8.23. The van der Waals surface area contributed by atoms with Gasteiger partial charge in [-0.1, -0.05) is 12.1 Å². The van der Waals surface area contributed by atoms with Crippen LogP contribution in [0.4, 0.5) is 4.39 Å². The minimum Gasteiger partial charge on any atom is -0.347 e. The minimum absolute atomic E-state index is 0.00190. The van der Waals surface area contributed by atoms with Crippen molar-refractivity contribution in [3.05, 3.63) is 58.0 Å². The fourth-order valence-corrected chi connectivity index (χ4v) is 2.61. The van der Waals surface area contributed by atoms with E-state index < -0.39 is 0 Å². The smallest absolute Gasteiger partial charge is 0.275 e. The maximum Gasteiger partial charge on any atom is 0.275 e. The van der Waals surface area contributed by atoms with E-state index in [0.717, 1.165) is 17.0 Å². The third-order valence-electron chi connectivity index (χ3n) is 2.95. The summed E-state index contributed by atoms with van der Waals surface area (Å²) in [5.74, 6) is -0.262. The molecular formula is C15H18FN2OS+. The number of carbonyl (C=O) groups is 1. The second-order valence-corrected chi connectivity index (χ2v) is 5.63. The summed E-state index contributed by atoms with van der Waals surface area (Å²) in [4.78, 5) is 13.0. The number of likely N-dealkylation sites (N-methyl/N-ethyl adjacent to an activating group) is 1. The third-order valence-corrected chi connectivity index (χ3v) is 3.68. The van der Waals surface area contributed by atoms with E-state index in [1.54, 1.807) is 23.5 Å². The first-order valence-electron chi connectivity index (χ1n) is 6.47. The van der Waals surface area contributed by atoms with Gasteiger partial charge in [0.25, 0.3) is 5.91 Å². The van der Waals surface area contributed by atoms with Gasteiger partial charge in [-0.2, -0.15) is 11.3 Å². The number of hydrogen-bond acceptors (Lipinski definition) is 2. The summed E-state index contributed by atoms with van der Waals surface area (Å²) in [6.45, 7) is 1.70. The molecule has 106 valence electrons. The average molecular weight is 293 g/mol. The standard InChI is InChI=1S/C15H17FN2OS/c1-18(9-13-6-7-20-11-13)10-15(19)17-8-12-2-4-14(16)5-3-12/h2-7,11H,8-10H2,1H3,(H,17,19)/p+1. The normalized spacial score (nSPS) is 12.1. The van der Waals surface area contributed by atoms with E-state index >= 15 is 0 Å². The largest absolute Gasteiger partial charge is 0.347 e. The highest BCUT2D eigenvalue weighted by Crippen LogP contribution is 2.03. The van der Waals surface area contributed by atoms with Gasteiger partial charge in [-0.25, -0.2) is 4.39 Å². The summed E-state index contributed by atoms with van der Waals surface area (Å²) in [7, 11) is 2.00. The monoisotopic (exact) mass is 293 g/mol. The zero-order valence-corrected chi connectivity index (χ0v) is 12.2. The maximum absolute atomic E-state index is 12.7. The highest BCUT2D eigenvalue weighted by molar-refractivity contribution is 7.07. The Kier molecular flexibility index (Phi) is 5.26. The van der Waals surface area contributed by atoms with Crippen molar-refractivity contribution in [2.24, 2.45) is 0 Å². The van der Waals surface area contributed by atoms with Crippen LogP contribution in [0.15, 0.2) is 41.1 Å². The second-order valence-electron chi connectivity index (χ2n) is 4.85. The highest BCUT2D eigenvalue weighted by Gasteiger charge is 2.10. The summed E-state index contributed by atoms with van der Waals surface area (Å²) in [5, 5.41) is 6.99. The molecule has 1 unspecified atom stereocenters. The first kappa shape index (κ1) is 14.7. The second kappa shape index (κ2) is 7.17. The van der Waals surface area contributed by atoms with Crippen molar-refractivity contribution in [1.29, 1.82) is 0 Å². The molecule has 0 spiro atoms. The molecule has 2 aromatic rings. The maximum atomic E-state index is 12.7. The first-order valence-corrected chi connectivity index (χ1v) is 7.41. The molecule has 2 rings (SSSR count). The van der Waals surface area contributed by atoms with E-state index in [2.05, 4.69) is 16.8 Å². The highest BCUT2D eigenvalue weighted by atomic mass is 32.1. The van der Waals surface area contributed by atoms with E-state index in [4.69, 9.17) is 0 Å². The van der Waals surface area contributed by atoms with Gasteiger partial charge in [0, 0.05) is 12.1 Å². The number of nitrogens with one attached hydrogen (secondary N) is 2. The zero-order chi connectivity index (χ0) is 14.4. The molecule has 0 bridgehead atoms. The van der Waals surface area contributed by atoms with Gasteiger partial charge in [-0.05, 0) is 34.5 Å². The molecule has 1 atom stereocenters. The summed E-state index contributed by atoms with van der Waals surface area (Å²) in [5.41, 5.74) is 2.15. The predicted octanol–water partition coefficient (Wildman–Crippen LogP) is 1.22. The molecule has 1 aromatic heterocycles. The Labute approximate surface area is 122 Å². The molecule has 0 aliphatic carbocycles. The lowest BCUT2D eigenvalue weighted by atomic mass is 10.2. The van der Waals surface area contributed by atoms with E-state index in [1.807, 2.05) is 12.4 Å². The van der Waals surface area contributed by atoms with Crippen molar-refractivity contribution in [1.82, 2.24) is 5.32 Å². The summed E-state index contributed by atoms with van der Waals surface area (Å²) in [6.07, 6.45) is 0. The quantitative estimate of drug-likeness (QED) is 0.825. The molecule has 2 N–H and O–H groups in total. The molecule has 1 amide bonds. The van der Waals surface area contributed by atoms with Gasteiger partial charge in [-0.3, -0.25) is 4.79 Å². The van der Waals surface area contributed by atoms with Gasteiger partial charge >= 0.3 is 0 Å². The SMILES string of the molecule is C[NH+](CC(=O)NCc1ccc(F)cc1)Cc1ccsc1. The Morgan fingerprint density at radius 3 is 2.65 bits per heavy atom. The number of amides is 1. The van der Waals surface area contributed by atoms with Gasteiger partial charge < -0.3 is 10.2 Å². The molecule has 5 heteroatoms. The Hall–Kier alpha value is -1.72. The molecule has 1 aromatic carbocycles. The van der Waals surface area contributed by atoms with Crippen molar-refractivity contribution in [3.63, 3.8) is 0 Å². The molecule has 0 aliphatic heterocycles. The van der Waals surface area contributed by atoms with Crippen molar-refractivity contribution >= 4 is 17.2 Å². The molecule has 20 heavy (non-hydrogen) atoms. The molecule has 0 radical (unpaired) electrons. The van der Waals surface area contributed by atoms with Crippen LogP contribution in [0.1, 0.15) is 11.1 Å². The number of thiophene rings is 1. The fraction of sp³-hybridized carbons (Fsp3) is 0.267. The first-order chi connectivity index (χ1) is 9.63. The lowest BCUT2D eigenvalue weighted by Gasteiger charge is -2.13. The molecule has 0 aliphatic rings. The number of halogens is 1. The van der Waals surface area contributed by atoms with Crippen LogP contribution < -0.4 is 10.2 Å². The fourth-order valence-electron chi connectivity index (χ4n) is 1.94. The van der Waals surface area contributed by atoms with Crippen LogP contribution in [0, 0.1) is 5.82 Å². The number of benzene rings is 1. The summed E-state index contributed by atoms with van der Waals surface area (Å²) >= 11 is 1.66. The molecule has 0 saturated carbocycles. The number of rotatable bonds is 6. The van der Waals surface area contributed by atoms with E-state index in [1.165, 1.54) is 17.7 Å². The third kappa shape index (κ3) is 4.75. The van der Waals surface area contributed by atoms with E-state index in [9.17, 15) is 9.18 Å². The van der Waals surface area contributed by atoms with E-state index in [0.29, 0.717) is 13.1 Å². The number of hydrogen-bond donors (Lipinski definition) is 2. The van der Waals surface area contributed by atoms with Crippen LogP contribution in [-0.4, -0.2) is 19.5 Å². The van der Waals surface area contributed by atoms with Crippen molar-refractivity contribution < 1.29 is 14.1 Å². The topological polar surface area (TPSA) is 33.5 Å². The zero-order valence-electron chi connectivity index (χ0n) is 11.4. The van der Waals surface area contributed by atoms with Crippen molar-refractivity contribution in [2.75, 3.05) is 13.6 Å². The van der Waals surface area contributed by atoms with Crippen molar-refractivity contribution in [2.45, 2.75) is 13.1 Å². The lowest BCUT2D eigenvalue weighted by Crippen LogP contribution is -3.08. The van der Waals surface area contributed by atoms with E-state index in [-0.39, 0.29) is 11.7 Å². The van der Waals surface area contributed by atoms with Gasteiger partial charge in [0.05, 0.1) is 7.05 Å². The van der Waals surface area contributed by atoms with Crippen LogP contribution in [-0.2, 0) is 17.9 Å². The average Bonchev–Trinajstić information content (AvgIpc) is 2.90. The molecule has 0 saturated heterocycles. The Morgan fingerprint density at radius 1 is 1.25 bits per heavy atom. The number of quaternary nitrogens is 1. The molecule has 1 heterocycles. The van der Waals surface area contributed by atoms with Crippen LogP contribution in [0.5, 0.6) is 0 Å². The molecular weight excluding hydrogens is 275 g/mol. The van der Waals surface area contributed by atoms with Gasteiger partial charge in [-0.15, -0.1) is 0 Å². The van der Waals surface area contributed by atoms with Crippen LogP contribution in [0.25, 0.3) is 0 Å². The van der Waals surface area contributed by atoms with Crippen LogP contribution in [0.2, 0.25) is 0 Å². The van der Waals surface area contributed by atoms with Crippen LogP contribution in [0.3, 0.4) is 0 Å². The van der Waals surface area contributed by atoms with Gasteiger partial charge in [0.15, 0.2) is 6.54 Å². The lowest BCUT2D eigenvalue weighted by molar-refractivity contribution is -0.885. The minimum atomic E-state index is -0.264. The Balaban J connectivity index is 1.73. The summed E-state index contributed by atoms with van der Waals surface area (Å²) < 4.78 is 12.7. The van der Waals surface area contributed by atoms with Gasteiger partial charge in [0.2, 0.25) is 0 Å². The predicted molar refractivity (Wildman–Crippen MR) is 78.0 cm³/mol. The molecule has 0 fully saturated rings. The van der Waals surface area contributed by atoms with Gasteiger partial charge in [0.1, 0.15) is 12.4 Å². The number of carbonyl (C=O) groups excluding carboxylic acids is 1. The van der Waals surface area contributed by atoms with Crippen LogP contribution >= 0.6 is 11.3 Å². The Morgan fingerprint density at radius 2 is 2.00 bits per heavy atom.